The number of ether oxygens (including phenoxy) is 2. The predicted octanol–water partition coefficient (Wildman–Crippen LogP) is 0.345. The first kappa shape index (κ1) is 16.1. The second-order valence-electron chi connectivity index (χ2n) is 3.91. The first-order valence-electron chi connectivity index (χ1n) is 5.86. The van der Waals surface area contributed by atoms with Gasteiger partial charge in [-0.2, -0.15) is 0 Å². The van der Waals surface area contributed by atoms with Gasteiger partial charge in [-0.15, -0.1) is 0 Å². The van der Waals surface area contributed by atoms with Crippen LogP contribution < -0.4 is 19.5 Å². The summed E-state index contributed by atoms with van der Waals surface area (Å²) in [5.74, 6) is -0.168. The fourth-order valence-electron chi connectivity index (χ4n) is 1.62. The Balaban J connectivity index is 3.42. The van der Waals surface area contributed by atoms with Gasteiger partial charge in [-0.1, -0.05) is 0 Å². The maximum Gasteiger partial charge on any atom is 0.238 e. The summed E-state index contributed by atoms with van der Waals surface area (Å²) in [4.78, 5) is 11.1. The molecule has 1 rings (SSSR count). The molecule has 1 amide bonds. The monoisotopic (exact) mass is 302 g/mol. The molecule has 0 aromatic heterocycles. The van der Waals surface area contributed by atoms with E-state index in [2.05, 4.69) is 0 Å². The van der Waals surface area contributed by atoms with Crippen molar-refractivity contribution in [3.8, 4) is 11.5 Å². The van der Waals surface area contributed by atoms with Crippen LogP contribution in [-0.2, 0) is 14.8 Å². The minimum Gasteiger partial charge on any atom is -0.497 e. The predicted molar refractivity (Wildman–Crippen MR) is 75.5 cm³/mol. The summed E-state index contributed by atoms with van der Waals surface area (Å²) in [6, 6.07) is 4.67. The lowest BCUT2D eigenvalue weighted by Gasteiger charge is -2.24. The molecule has 0 aliphatic carbocycles. The zero-order valence-corrected chi connectivity index (χ0v) is 12.4. The SMILES string of the molecule is CCS(=O)(=O)N(CC(N)=O)c1cc(OC)ccc1OC. The Kier molecular flexibility index (Phi) is 5.20. The number of anilines is 1. The van der Waals surface area contributed by atoms with E-state index >= 15 is 0 Å². The molecule has 0 aliphatic rings. The van der Waals surface area contributed by atoms with E-state index < -0.39 is 22.5 Å². The number of sulfonamides is 1. The molecule has 1 aromatic rings. The maximum atomic E-state index is 12.1. The third-order valence-corrected chi connectivity index (χ3v) is 4.38. The molecule has 0 atom stereocenters. The third-order valence-electron chi connectivity index (χ3n) is 2.65. The summed E-state index contributed by atoms with van der Waals surface area (Å²) in [5, 5.41) is 0. The first-order chi connectivity index (χ1) is 9.35. The molecule has 1 aromatic carbocycles. The average Bonchev–Trinajstić information content (AvgIpc) is 2.43. The summed E-state index contributed by atoms with van der Waals surface area (Å²) in [7, 11) is -0.803. The molecule has 20 heavy (non-hydrogen) atoms. The number of nitrogens with two attached hydrogens (primary N) is 1. The molecule has 0 fully saturated rings. The van der Waals surface area contributed by atoms with Gasteiger partial charge in [0.05, 0.1) is 25.7 Å². The van der Waals surface area contributed by atoms with E-state index in [1.165, 1.54) is 27.2 Å². The Labute approximate surface area is 118 Å². The van der Waals surface area contributed by atoms with Gasteiger partial charge in [-0.05, 0) is 19.1 Å². The van der Waals surface area contributed by atoms with Crippen LogP contribution in [0, 0.1) is 0 Å². The highest BCUT2D eigenvalue weighted by Crippen LogP contribution is 2.33. The number of carbonyl (C=O) groups excluding carboxylic acids is 1. The van der Waals surface area contributed by atoms with Crippen LogP contribution in [0.3, 0.4) is 0 Å². The lowest BCUT2D eigenvalue weighted by atomic mass is 10.2. The maximum absolute atomic E-state index is 12.1. The summed E-state index contributed by atoms with van der Waals surface area (Å²) >= 11 is 0. The van der Waals surface area contributed by atoms with Gasteiger partial charge in [0.1, 0.15) is 18.0 Å². The minimum absolute atomic E-state index is 0.166. The van der Waals surface area contributed by atoms with Crippen molar-refractivity contribution in [3.05, 3.63) is 18.2 Å². The molecule has 8 heteroatoms. The quantitative estimate of drug-likeness (QED) is 0.783. The van der Waals surface area contributed by atoms with Crippen molar-refractivity contribution >= 4 is 21.6 Å². The number of hydrogen-bond acceptors (Lipinski definition) is 5. The second-order valence-corrected chi connectivity index (χ2v) is 6.09. The van der Waals surface area contributed by atoms with E-state index in [-0.39, 0.29) is 11.4 Å². The van der Waals surface area contributed by atoms with Crippen LogP contribution in [0.4, 0.5) is 5.69 Å². The van der Waals surface area contributed by atoms with Gasteiger partial charge >= 0.3 is 0 Å². The van der Waals surface area contributed by atoms with E-state index in [9.17, 15) is 13.2 Å². The smallest absolute Gasteiger partial charge is 0.238 e. The minimum atomic E-state index is -3.67. The molecule has 0 saturated heterocycles. The second kappa shape index (κ2) is 6.47. The Hall–Kier alpha value is -1.96. The molecule has 0 spiro atoms. The molecular formula is C12H18N2O5S. The highest BCUT2D eigenvalue weighted by Gasteiger charge is 2.25. The van der Waals surface area contributed by atoms with Crippen molar-refractivity contribution in [2.45, 2.75) is 6.92 Å². The molecule has 2 N–H and O–H groups in total. The zero-order chi connectivity index (χ0) is 15.3. The molecule has 7 nitrogen and oxygen atoms in total. The van der Waals surface area contributed by atoms with Crippen LogP contribution in [0.15, 0.2) is 18.2 Å². The van der Waals surface area contributed by atoms with Gasteiger partial charge in [0, 0.05) is 6.07 Å². The molecule has 0 unspecified atom stereocenters. The largest absolute Gasteiger partial charge is 0.497 e. The molecule has 0 heterocycles. The van der Waals surface area contributed by atoms with Gasteiger partial charge in [-0.25, -0.2) is 8.42 Å². The van der Waals surface area contributed by atoms with Crippen molar-refractivity contribution < 1.29 is 22.7 Å². The van der Waals surface area contributed by atoms with Crippen molar-refractivity contribution in [1.82, 2.24) is 0 Å². The number of amides is 1. The molecule has 112 valence electrons. The number of primary amides is 1. The van der Waals surface area contributed by atoms with Crippen LogP contribution >= 0.6 is 0 Å². The zero-order valence-electron chi connectivity index (χ0n) is 11.6. The summed E-state index contributed by atoms with van der Waals surface area (Å²) < 4.78 is 35.4. The normalized spacial score (nSPS) is 10.9. The highest BCUT2D eigenvalue weighted by molar-refractivity contribution is 7.92. The number of rotatable bonds is 7. The summed E-state index contributed by atoms with van der Waals surface area (Å²) in [5.41, 5.74) is 5.34. The van der Waals surface area contributed by atoms with E-state index in [0.29, 0.717) is 11.5 Å². The molecule has 0 saturated carbocycles. The molecule has 0 aliphatic heterocycles. The number of benzene rings is 1. The van der Waals surface area contributed by atoms with Crippen molar-refractivity contribution in [3.63, 3.8) is 0 Å². The van der Waals surface area contributed by atoms with E-state index in [4.69, 9.17) is 15.2 Å². The van der Waals surface area contributed by atoms with Crippen LogP contribution in [0.5, 0.6) is 11.5 Å². The third kappa shape index (κ3) is 3.53. The molecule has 0 bridgehead atoms. The van der Waals surface area contributed by atoms with Gasteiger partial charge in [0.15, 0.2) is 0 Å². The lowest BCUT2D eigenvalue weighted by Crippen LogP contribution is -2.39. The topological polar surface area (TPSA) is 98.9 Å². The van der Waals surface area contributed by atoms with Crippen LogP contribution in [0.25, 0.3) is 0 Å². The Morgan fingerprint density at radius 3 is 2.40 bits per heavy atom. The Morgan fingerprint density at radius 2 is 1.95 bits per heavy atom. The Bertz CT molecular complexity index is 586. The molecule has 0 radical (unpaired) electrons. The van der Waals surface area contributed by atoms with Gasteiger partial charge in [0.25, 0.3) is 0 Å². The fraction of sp³-hybridized carbons (Fsp3) is 0.417. The highest BCUT2D eigenvalue weighted by atomic mass is 32.2. The lowest BCUT2D eigenvalue weighted by molar-refractivity contribution is -0.116. The Morgan fingerprint density at radius 1 is 1.30 bits per heavy atom. The van der Waals surface area contributed by atoms with Crippen LogP contribution in [0.1, 0.15) is 6.92 Å². The van der Waals surface area contributed by atoms with Gasteiger partial charge < -0.3 is 15.2 Å². The first-order valence-corrected chi connectivity index (χ1v) is 7.47. The van der Waals surface area contributed by atoms with Crippen molar-refractivity contribution in [2.24, 2.45) is 5.73 Å². The number of hydrogen-bond donors (Lipinski definition) is 1. The molecular weight excluding hydrogens is 284 g/mol. The summed E-state index contributed by atoms with van der Waals surface area (Å²) in [6.45, 7) is 1.02. The van der Waals surface area contributed by atoms with Crippen molar-refractivity contribution in [2.75, 3.05) is 30.8 Å². The number of methoxy groups -OCH3 is 2. The number of nitrogens with zero attached hydrogens (tertiary/aromatic N) is 1. The van der Waals surface area contributed by atoms with Crippen LogP contribution in [0.2, 0.25) is 0 Å². The van der Waals surface area contributed by atoms with Crippen LogP contribution in [-0.4, -0.2) is 40.8 Å². The van der Waals surface area contributed by atoms with Crippen molar-refractivity contribution in [1.29, 1.82) is 0 Å². The van der Waals surface area contributed by atoms with Gasteiger partial charge in [-0.3, -0.25) is 9.10 Å². The average molecular weight is 302 g/mol. The number of carbonyl (C=O) groups is 1. The summed E-state index contributed by atoms with van der Waals surface area (Å²) in [6.07, 6.45) is 0. The standard InChI is InChI=1S/C12H18N2O5S/c1-4-20(16,17)14(8-12(13)15)10-7-9(18-2)5-6-11(10)19-3/h5-7H,4,8H2,1-3H3,(H2,13,15). The van der Waals surface area contributed by atoms with E-state index in [1.807, 2.05) is 0 Å². The fourth-order valence-corrected chi connectivity index (χ4v) is 2.70. The van der Waals surface area contributed by atoms with E-state index in [0.717, 1.165) is 4.31 Å². The van der Waals surface area contributed by atoms with E-state index in [1.54, 1.807) is 12.1 Å². The van der Waals surface area contributed by atoms with Gasteiger partial charge in [0.2, 0.25) is 15.9 Å².